The minimum atomic E-state index is -0.664. The van der Waals surface area contributed by atoms with Gasteiger partial charge in [-0.2, -0.15) is 5.26 Å². The Morgan fingerprint density at radius 3 is 2.80 bits per heavy atom. The fourth-order valence-electron chi connectivity index (χ4n) is 1.12. The minimum absolute atomic E-state index is 0.00662. The molecule has 0 aliphatic heterocycles. The van der Waals surface area contributed by atoms with Crippen LogP contribution in [0.3, 0.4) is 0 Å². The summed E-state index contributed by atoms with van der Waals surface area (Å²) in [5, 5.41) is 18.2. The summed E-state index contributed by atoms with van der Waals surface area (Å²) in [5.74, 6) is -0.858. The molecule has 0 atom stereocenters. The van der Waals surface area contributed by atoms with Crippen molar-refractivity contribution in [1.29, 1.82) is 5.26 Å². The van der Waals surface area contributed by atoms with E-state index in [9.17, 15) is 9.90 Å². The Morgan fingerprint density at radius 2 is 2.33 bits per heavy atom. The molecular formula is C10H8ClNO3. The molecule has 0 saturated heterocycles. The van der Waals surface area contributed by atoms with E-state index in [1.54, 1.807) is 0 Å². The largest absolute Gasteiger partial charge is 0.507 e. The monoisotopic (exact) mass is 225 g/mol. The molecule has 1 N–H and O–H groups in total. The number of phenolic OH excluding ortho intramolecular Hbond substituents is 1. The molecule has 0 bridgehead atoms. The van der Waals surface area contributed by atoms with Crippen LogP contribution in [0.4, 0.5) is 0 Å². The van der Waals surface area contributed by atoms with Crippen molar-refractivity contribution in [3.8, 4) is 11.8 Å². The van der Waals surface area contributed by atoms with Crippen molar-refractivity contribution in [2.75, 3.05) is 7.11 Å². The molecule has 0 amide bonds. The third kappa shape index (κ3) is 2.20. The number of nitriles is 1. The third-order valence-corrected chi connectivity index (χ3v) is 2.18. The number of rotatable bonds is 2. The van der Waals surface area contributed by atoms with Gasteiger partial charge in [-0.15, -0.1) is 11.6 Å². The number of carbonyl (C=O) groups is 1. The van der Waals surface area contributed by atoms with Crippen LogP contribution in [0.1, 0.15) is 21.5 Å². The Morgan fingerprint density at radius 1 is 1.67 bits per heavy atom. The van der Waals surface area contributed by atoms with Crippen LogP contribution in [-0.4, -0.2) is 18.2 Å². The smallest absolute Gasteiger partial charge is 0.341 e. The Balaban J connectivity index is 3.33. The molecule has 0 saturated carbocycles. The van der Waals surface area contributed by atoms with E-state index in [0.717, 1.165) is 0 Å². The molecule has 1 aromatic carbocycles. The molecule has 0 aliphatic rings. The molecule has 78 valence electrons. The van der Waals surface area contributed by atoms with Gasteiger partial charge in [0.25, 0.3) is 0 Å². The van der Waals surface area contributed by atoms with Crippen molar-refractivity contribution >= 4 is 17.6 Å². The van der Waals surface area contributed by atoms with Crippen molar-refractivity contribution in [1.82, 2.24) is 0 Å². The van der Waals surface area contributed by atoms with E-state index in [0.29, 0.717) is 5.56 Å². The highest BCUT2D eigenvalue weighted by Crippen LogP contribution is 2.24. The SMILES string of the molecule is COC(=O)c1cc(CCl)c(C#N)cc1O. The molecule has 1 rings (SSSR count). The number of alkyl halides is 1. The van der Waals surface area contributed by atoms with E-state index < -0.39 is 5.97 Å². The molecule has 0 unspecified atom stereocenters. The zero-order valence-corrected chi connectivity index (χ0v) is 8.71. The van der Waals surface area contributed by atoms with Gasteiger partial charge in [-0.25, -0.2) is 4.79 Å². The van der Waals surface area contributed by atoms with Crippen LogP contribution in [-0.2, 0) is 10.6 Å². The summed E-state index contributed by atoms with van der Waals surface area (Å²) in [5.41, 5.74) is 0.736. The first-order valence-electron chi connectivity index (χ1n) is 4.04. The first-order valence-corrected chi connectivity index (χ1v) is 4.57. The Bertz CT molecular complexity index is 437. The maximum atomic E-state index is 11.2. The van der Waals surface area contributed by atoms with Gasteiger partial charge in [0.2, 0.25) is 0 Å². The average molecular weight is 226 g/mol. The quantitative estimate of drug-likeness (QED) is 0.615. The van der Waals surface area contributed by atoms with Gasteiger partial charge in [0.15, 0.2) is 0 Å². The second kappa shape index (κ2) is 4.67. The number of nitrogens with zero attached hydrogens (tertiary/aromatic N) is 1. The van der Waals surface area contributed by atoms with Gasteiger partial charge in [0.05, 0.1) is 18.7 Å². The highest BCUT2D eigenvalue weighted by atomic mass is 35.5. The van der Waals surface area contributed by atoms with E-state index in [-0.39, 0.29) is 22.8 Å². The second-order valence-electron chi connectivity index (χ2n) is 2.76. The molecule has 0 spiro atoms. The highest BCUT2D eigenvalue weighted by molar-refractivity contribution is 6.17. The standard InChI is InChI=1S/C10H8ClNO3/c1-15-10(14)8-2-6(4-11)7(5-12)3-9(8)13/h2-3,13H,4H2,1H3. The van der Waals surface area contributed by atoms with Crippen molar-refractivity contribution in [2.45, 2.75) is 5.88 Å². The van der Waals surface area contributed by atoms with Crippen molar-refractivity contribution in [2.24, 2.45) is 0 Å². The minimum Gasteiger partial charge on any atom is -0.507 e. The lowest BCUT2D eigenvalue weighted by Crippen LogP contribution is -2.03. The fraction of sp³-hybridized carbons (Fsp3) is 0.200. The van der Waals surface area contributed by atoms with Gasteiger partial charge in [-0.1, -0.05) is 0 Å². The number of halogens is 1. The predicted molar refractivity (Wildman–Crippen MR) is 53.7 cm³/mol. The van der Waals surface area contributed by atoms with Crippen LogP contribution in [0.5, 0.6) is 5.75 Å². The van der Waals surface area contributed by atoms with Gasteiger partial charge in [-0.05, 0) is 17.7 Å². The first-order chi connectivity index (χ1) is 7.13. The van der Waals surface area contributed by atoms with Gasteiger partial charge >= 0.3 is 5.97 Å². The number of methoxy groups -OCH3 is 1. The maximum Gasteiger partial charge on any atom is 0.341 e. The Labute approximate surface area is 91.7 Å². The van der Waals surface area contributed by atoms with E-state index >= 15 is 0 Å². The topological polar surface area (TPSA) is 70.3 Å². The molecule has 5 heteroatoms. The third-order valence-electron chi connectivity index (χ3n) is 1.89. The van der Waals surface area contributed by atoms with Crippen LogP contribution in [0, 0.1) is 11.3 Å². The maximum absolute atomic E-state index is 11.2. The Hall–Kier alpha value is -1.73. The number of carbonyl (C=O) groups excluding carboxylic acids is 1. The number of phenols is 1. The van der Waals surface area contributed by atoms with Gasteiger partial charge in [0.1, 0.15) is 11.3 Å². The predicted octanol–water partition coefficient (Wildman–Crippen LogP) is 1.79. The lowest BCUT2D eigenvalue weighted by Gasteiger charge is -2.06. The summed E-state index contributed by atoms with van der Waals surface area (Å²) in [6, 6.07) is 4.43. The highest BCUT2D eigenvalue weighted by Gasteiger charge is 2.15. The normalized spacial score (nSPS) is 9.40. The fourth-order valence-corrected chi connectivity index (χ4v) is 1.34. The van der Waals surface area contributed by atoms with Crippen molar-refractivity contribution in [3.05, 3.63) is 28.8 Å². The summed E-state index contributed by atoms with van der Waals surface area (Å²) in [4.78, 5) is 11.2. The molecule has 0 heterocycles. The van der Waals surface area contributed by atoms with E-state index in [2.05, 4.69) is 4.74 Å². The summed E-state index contributed by atoms with van der Waals surface area (Å²) in [7, 11) is 1.21. The van der Waals surface area contributed by atoms with Crippen LogP contribution in [0.2, 0.25) is 0 Å². The summed E-state index contributed by atoms with van der Waals surface area (Å²) >= 11 is 5.60. The van der Waals surface area contributed by atoms with Crippen molar-refractivity contribution in [3.63, 3.8) is 0 Å². The molecule has 15 heavy (non-hydrogen) atoms. The molecule has 0 aromatic heterocycles. The number of hydrogen-bond acceptors (Lipinski definition) is 4. The van der Waals surface area contributed by atoms with Crippen LogP contribution >= 0.6 is 11.6 Å². The molecule has 0 fully saturated rings. The van der Waals surface area contributed by atoms with Crippen LogP contribution in [0.15, 0.2) is 12.1 Å². The number of ether oxygens (including phenoxy) is 1. The number of aromatic hydroxyl groups is 1. The lowest BCUT2D eigenvalue weighted by molar-refractivity contribution is 0.0597. The second-order valence-corrected chi connectivity index (χ2v) is 3.03. The molecular weight excluding hydrogens is 218 g/mol. The first kappa shape index (κ1) is 11.3. The van der Waals surface area contributed by atoms with E-state index in [1.165, 1.54) is 19.2 Å². The number of hydrogen-bond donors (Lipinski definition) is 1. The van der Waals surface area contributed by atoms with Gasteiger partial charge < -0.3 is 9.84 Å². The summed E-state index contributed by atoms with van der Waals surface area (Å²) in [6.45, 7) is 0. The van der Waals surface area contributed by atoms with Gasteiger partial charge in [0, 0.05) is 5.88 Å². The average Bonchev–Trinajstić information content (AvgIpc) is 2.27. The van der Waals surface area contributed by atoms with Crippen LogP contribution in [0.25, 0.3) is 0 Å². The zero-order valence-electron chi connectivity index (χ0n) is 7.95. The summed E-state index contributed by atoms with van der Waals surface area (Å²) in [6.07, 6.45) is 0. The molecule has 0 aliphatic carbocycles. The summed E-state index contributed by atoms with van der Waals surface area (Å²) < 4.78 is 4.47. The van der Waals surface area contributed by atoms with E-state index in [4.69, 9.17) is 16.9 Å². The van der Waals surface area contributed by atoms with Gasteiger partial charge in [-0.3, -0.25) is 0 Å². The number of benzene rings is 1. The lowest BCUT2D eigenvalue weighted by atomic mass is 10.0. The Kier molecular flexibility index (Phi) is 3.53. The van der Waals surface area contributed by atoms with Crippen LogP contribution < -0.4 is 0 Å². The molecule has 1 aromatic rings. The zero-order chi connectivity index (χ0) is 11.4. The molecule has 4 nitrogen and oxygen atoms in total. The van der Waals surface area contributed by atoms with Crippen molar-refractivity contribution < 1.29 is 14.6 Å². The number of esters is 1. The molecule has 0 radical (unpaired) electrons. The van der Waals surface area contributed by atoms with E-state index in [1.807, 2.05) is 6.07 Å².